The van der Waals surface area contributed by atoms with Crippen molar-refractivity contribution in [3.05, 3.63) is 0 Å². The molecule has 0 aromatic heterocycles. The Morgan fingerprint density at radius 2 is 1.93 bits per heavy atom. The molecule has 82 valence electrons. The molecule has 0 spiro atoms. The molecule has 2 aliphatic rings. The molecule has 4 nitrogen and oxygen atoms in total. The Kier molecular flexibility index (Phi) is 2.14. The van der Waals surface area contributed by atoms with Crippen molar-refractivity contribution in [3.63, 3.8) is 0 Å². The number of carbonyl (C=O) groups is 1. The first-order chi connectivity index (χ1) is 6.92. The van der Waals surface area contributed by atoms with Crippen LogP contribution in [0.2, 0.25) is 0 Å². The van der Waals surface area contributed by atoms with Crippen LogP contribution in [-0.2, 0) is 4.74 Å². The van der Waals surface area contributed by atoms with Gasteiger partial charge in [0.15, 0.2) is 0 Å². The minimum atomic E-state index is -0.432. The third-order valence-electron chi connectivity index (χ3n) is 2.99. The minimum absolute atomic E-state index is 0.184. The lowest BCUT2D eigenvalue weighted by molar-refractivity contribution is 0.0269. The number of ether oxygens (including phenoxy) is 1. The number of carbonyl (C=O) groups excluding carboxylic acids is 1. The van der Waals surface area contributed by atoms with Gasteiger partial charge in [-0.15, -0.1) is 0 Å². The quantitative estimate of drug-likeness (QED) is 0.608. The first kappa shape index (κ1) is 10.3. The lowest BCUT2D eigenvalue weighted by Gasteiger charge is -2.25. The molecule has 0 bridgehead atoms. The van der Waals surface area contributed by atoms with E-state index in [0.29, 0.717) is 24.9 Å². The summed E-state index contributed by atoms with van der Waals surface area (Å²) in [6.07, 6.45) is -0.244. The Bertz CT molecular complexity index is 314. The summed E-state index contributed by atoms with van der Waals surface area (Å²) in [5, 5.41) is 8.74. The molecule has 0 aromatic rings. The third-order valence-corrected chi connectivity index (χ3v) is 2.99. The summed E-state index contributed by atoms with van der Waals surface area (Å²) in [4.78, 5) is 13.4. The van der Waals surface area contributed by atoms with Crippen LogP contribution >= 0.6 is 0 Å². The fourth-order valence-corrected chi connectivity index (χ4v) is 2.19. The van der Waals surface area contributed by atoms with Gasteiger partial charge in [0, 0.05) is 13.1 Å². The zero-order chi connectivity index (χ0) is 11.2. The van der Waals surface area contributed by atoms with Crippen molar-refractivity contribution in [2.75, 3.05) is 13.1 Å². The number of hydrogen-bond donors (Lipinski definition) is 0. The number of fused-ring (bicyclic) bond motifs is 1. The van der Waals surface area contributed by atoms with Crippen LogP contribution in [0.4, 0.5) is 4.79 Å². The van der Waals surface area contributed by atoms with Crippen molar-refractivity contribution in [2.24, 2.45) is 17.8 Å². The number of rotatable bonds is 0. The van der Waals surface area contributed by atoms with E-state index >= 15 is 0 Å². The first-order valence-electron chi connectivity index (χ1n) is 5.30. The normalized spacial score (nSPS) is 33.2. The Morgan fingerprint density at radius 1 is 1.40 bits per heavy atom. The second-order valence-electron chi connectivity index (χ2n) is 5.37. The van der Waals surface area contributed by atoms with Crippen molar-refractivity contribution in [1.29, 1.82) is 5.26 Å². The molecule has 0 aromatic carbocycles. The second kappa shape index (κ2) is 3.13. The highest BCUT2D eigenvalue weighted by atomic mass is 16.6. The van der Waals surface area contributed by atoms with Crippen LogP contribution < -0.4 is 0 Å². The monoisotopic (exact) mass is 208 g/mol. The fourth-order valence-electron chi connectivity index (χ4n) is 2.19. The number of nitriles is 1. The summed E-state index contributed by atoms with van der Waals surface area (Å²) in [6.45, 7) is 6.97. The van der Waals surface area contributed by atoms with Gasteiger partial charge in [0.1, 0.15) is 5.60 Å². The number of hydrogen-bond acceptors (Lipinski definition) is 3. The summed E-state index contributed by atoms with van der Waals surface area (Å²) in [6, 6.07) is 2.27. The molecule has 2 atom stereocenters. The van der Waals surface area contributed by atoms with Gasteiger partial charge in [-0.25, -0.2) is 4.79 Å². The Labute approximate surface area is 89.8 Å². The van der Waals surface area contributed by atoms with Gasteiger partial charge in [0.2, 0.25) is 0 Å². The highest BCUT2D eigenvalue weighted by molar-refractivity contribution is 5.69. The SMILES string of the molecule is CC(C)(C)OC(=O)N1C[C@H]2C(C#N)[C@@H]2C1. The van der Waals surface area contributed by atoms with Gasteiger partial charge in [-0.3, -0.25) is 0 Å². The largest absolute Gasteiger partial charge is 0.444 e. The molecule has 1 aliphatic carbocycles. The number of amides is 1. The van der Waals surface area contributed by atoms with E-state index in [4.69, 9.17) is 10.00 Å². The predicted octanol–water partition coefficient (Wildman–Crippen LogP) is 1.62. The van der Waals surface area contributed by atoms with Gasteiger partial charge in [0.05, 0.1) is 12.0 Å². The van der Waals surface area contributed by atoms with Crippen LogP contribution in [0.3, 0.4) is 0 Å². The zero-order valence-electron chi connectivity index (χ0n) is 9.36. The van der Waals surface area contributed by atoms with Gasteiger partial charge in [-0.05, 0) is 32.6 Å². The van der Waals surface area contributed by atoms with Crippen molar-refractivity contribution in [1.82, 2.24) is 4.90 Å². The maximum atomic E-state index is 11.6. The molecule has 1 aliphatic heterocycles. The average Bonchev–Trinajstić information content (AvgIpc) is 2.54. The molecule has 1 saturated carbocycles. The van der Waals surface area contributed by atoms with Crippen LogP contribution in [0.25, 0.3) is 0 Å². The maximum absolute atomic E-state index is 11.6. The van der Waals surface area contributed by atoms with Crippen LogP contribution in [0.1, 0.15) is 20.8 Å². The Hall–Kier alpha value is -1.24. The smallest absolute Gasteiger partial charge is 0.410 e. The molecule has 1 heterocycles. The summed E-state index contributed by atoms with van der Waals surface area (Å²) < 4.78 is 5.26. The lowest BCUT2D eigenvalue weighted by Crippen LogP contribution is -2.36. The topological polar surface area (TPSA) is 53.3 Å². The van der Waals surface area contributed by atoms with Gasteiger partial charge in [-0.2, -0.15) is 5.26 Å². The Balaban J connectivity index is 1.85. The van der Waals surface area contributed by atoms with Crippen molar-refractivity contribution >= 4 is 6.09 Å². The number of piperidine rings is 1. The molecule has 1 saturated heterocycles. The molecule has 2 fully saturated rings. The van der Waals surface area contributed by atoms with E-state index in [1.165, 1.54) is 0 Å². The second-order valence-corrected chi connectivity index (χ2v) is 5.37. The zero-order valence-corrected chi connectivity index (χ0v) is 9.36. The molecular formula is C11H16N2O2. The average molecular weight is 208 g/mol. The van der Waals surface area contributed by atoms with E-state index in [1.807, 2.05) is 20.8 Å². The molecule has 1 amide bonds. The first-order valence-corrected chi connectivity index (χ1v) is 5.30. The number of likely N-dealkylation sites (tertiary alicyclic amines) is 1. The molecule has 0 unspecified atom stereocenters. The summed E-state index contributed by atoms with van der Waals surface area (Å²) >= 11 is 0. The lowest BCUT2D eigenvalue weighted by atomic mass is 10.2. The van der Waals surface area contributed by atoms with E-state index in [2.05, 4.69) is 6.07 Å². The van der Waals surface area contributed by atoms with Gasteiger partial charge >= 0.3 is 6.09 Å². The summed E-state index contributed by atoms with van der Waals surface area (Å²) in [7, 11) is 0. The highest BCUT2D eigenvalue weighted by Crippen LogP contribution is 2.51. The summed E-state index contributed by atoms with van der Waals surface area (Å²) in [5.41, 5.74) is -0.432. The maximum Gasteiger partial charge on any atom is 0.410 e. The van der Waals surface area contributed by atoms with Gasteiger partial charge < -0.3 is 9.64 Å². The van der Waals surface area contributed by atoms with Crippen LogP contribution in [0, 0.1) is 29.1 Å². The van der Waals surface area contributed by atoms with Crippen molar-refractivity contribution in [3.8, 4) is 6.07 Å². The minimum Gasteiger partial charge on any atom is -0.444 e. The van der Waals surface area contributed by atoms with E-state index in [-0.39, 0.29) is 12.0 Å². The highest BCUT2D eigenvalue weighted by Gasteiger charge is 2.57. The molecule has 2 rings (SSSR count). The molecule has 0 N–H and O–H groups in total. The number of nitrogens with zero attached hydrogens (tertiary/aromatic N) is 2. The molecule has 0 radical (unpaired) electrons. The van der Waals surface area contributed by atoms with Gasteiger partial charge in [-0.1, -0.05) is 0 Å². The van der Waals surface area contributed by atoms with E-state index < -0.39 is 5.60 Å². The van der Waals surface area contributed by atoms with Crippen molar-refractivity contribution in [2.45, 2.75) is 26.4 Å². The van der Waals surface area contributed by atoms with Crippen LogP contribution in [-0.4, -0.2) is 29.7 Å². The predicted molar refractivity (Wildman–Crippen MR) is 53.9 cm³/mol. The summed E-state index contributed by atoms with van der Waals surface area (Å²) in [5.74, 6) is 0.994. The van der Waals surface area contributed by atoms with Crippen LogP contribution in [0.5, 0.6) is 0 Å². The van der Waals surface area contributed by atoms with E-state index in [1.54, 1.807) is 4.90 Å². The molecule has 4 heteroatoms. The van der Waals surface area contributed by atoms with Crippen LogP contribution in [0.15, 0.2) is 0 Å². The van der Waals surface area contributed by atoms with Gasteiger partial charge in [0.25, 0.3) is 0 Å². The Morgan fingerprint density at radius 3 is 2.33 bits per heavy atom. The van der Waals surface area contributed by atoms with E-state index in [0.717, 1.165) is 0 Å². The van der Waals surface area contributed by atoms with E-state index in [9.17, 15) is 4.79 Å². The fraction of sp³-hybridized carbons (Fsp3) is 0.818. The molecular weight excluding hydrogens is 192 g/mol. The molecule has 15 heavy (non-hydrogen) atoms. The standard InChI is InChI=1S/C11H16N2O2/c1-11(2,3)15-10(14)13-5-8-7(4-12)9(8)6-13/h7-9H,5-6H2,1-3H3/t8-,9-/m0/s1. The van der Waals surface area contributed by atoms with Crippen molar-refractivity contribution < 1.29 is 9.53 Å². The third kappa shape index (κ3) is 1.92.